The normalized spacial score (nSPS) is 20.4. The molecule has 0 unspecified atom stereocenters. The average Bonchev–Trinajstić information content (AvgIpc) is 2.54. The zero-order valence-electron chi connectivity index (χ0n) is 8.24. The second-order valence-corrected chi connectivity index (χ2v) is 4.29. The smallest absolute Gasteiger partial charge is 0.106 e. The van der Waals surface area contributed by atoms with Gasteiger partial charge in [0.2, 0.25) is 0 Å². The number of aromatic nitrogens is 1. The first kappa shape index (κ1) is 8.70. The summed E-state index contributed by atoms with van der Waals surface area (Å²) in [5.74, 6) is 0. The fourth-order valence-corrected chi connectivity index (χ4v) is 2.19. The van der Waals surface area contributed by atoms with E-state index in [2.05, 4.69) is 18.1 Å². The maximum atomic E-state index is 4.15. The highest BCUT2D eigenvalue weighted by Gasteiger charge is 2.26. The van der Waals surface area contributed by atoms with Crippen molar-refractivity contribution in [3.8, 4) is 0 Å². The molecule has 0 amide bonds. The quantitative estimate of drug-likeness (QED) is 0.628. The minimum atomic E-state index is 1.15. The number of rotatable bonds is 2. The van der Waals surface area contributed by atoms with Crippen molar-refractivity contribution < 1.29 is 4.48 Å². The van der Waals surface area contributed by atoms with Gasteiger partial charge < -0.3 is 4.48 Å². The SMILES string of the molecule is C[N+]1(Cc2cccnc2)CCCC1. The molecule has 0 aliphatic carbocycles. The highest BCUT2D eigenvalue weighted by atomic mass is 15.3. The third-order valence-corrected chi connectivity index (χ3v) is 2.93. The van der Waals surface area contributed by atoms with Crippen LogP contribution in [-0.4, -0.2) is 29.6 Å². The van der Waals surface area contributed by atoms with E-state index in [0.29, 0.717) is 0 Å². The van der Waals surface area contributed by atoms with Crippen molar-refractivity contribution in [1.82, 2.24) is 4.98 Å². The van der Waals surface area contributed by atoms with Crippen molar-refractivity contribution in [2.24, 2.45) is 0 Å². The fraction of sp³-hybridized carbons (Fsp3) is 0.545. The van der Waals surface area contributed by atoms with E-state index in [9.17, 15) is 0 Å². The topological polar surface area (TPSA) is 12.9 Å². The molecule has 1 aromatic rings. The summed E-state index contributed by atoms with van der Waals surface area (Å²) in [6.45, 7) is 3.80. The lowest BCUT2D eigenvalue weighted by Gasteiger charge is -2.28. The molecule has 0 bridgehead atoms. The molecule has 1 fully saturated rings. The molecule has 0 aromatic carbocycles. The minimum Gasteiger partial charge on any atom is -0.322 e. The van der Waals surface area contributed by atoms with Gasteiger partial charge in [-0.25, -0.2) is 0 Å². The Morgan fingerprint density at radius 1 is 1.38 bits per heavy atom. The molecule has 1 aliphatic rings. The molecule has 0 spiro atoms. The molecule has 2 rings (SSSR count). The monoisotopic (exact) mass is 177 g/mol. The summed E-state index contributed by atoms with van der Waals surface area (Å²) in [6, 6.07) is 4.20. The van der Waals surface area contributed by atoms with Crippen molar-refractivity contribution in [3.63, 3.8) is 0 Å². The second-order valence-electron chi connectivity index (χ2n) is 4.29. The summed E-state index contributed by atoms with van der Waals surface area (Å²) in [7, 11) is 2.35. The van der Waals surface area contributed by atoms with Crippen LogP contribution in [-0.2, 0) is 6.54 Å². The van der Waals surface area contributed by atoms with E-state index in [1.165, 1.54) is 36.0 Å². The van der Waals surface area contributed by atoms with Gasteiger partial charge in [0, 0.05) is 30.8 Å². The van der Waals surface area contributed by atoms with Crippen LogP contribution in [0.1, 0.15) is 18.4 Å². The molecule has 0 atom stereocenters. The molecule has 1 saturated heterocycles. The molecule has 2 heteroatoms. The molecular weight excluding hydrogens is 160 g/mol. The number of pyridine rings is 1. The summed E-state index contributed by atoms with van der Waals surface area (Å²) in [4.78, 5) is 4.15. The van der Waals surface area contributed by atoms with Crippen LogP contribution in [0.15, 0.2) is 24.5 Å². The zero-order chi connectivity index (χ0) is 9.15. The Hall–Kier alpha value is -0.890. The maximum absolute atomic E-state index is 4.15. The van der Waals surface area contributed by atoms with Gasteiger partial charge >= 0.3 is 0 Å². The van der Waals surface area contributed by atoms with Crippen LogP contribution in [0.2, 0.25) is 0 Å². The third kappa shape index (κ3) is 2.07. The highest BCUT2D eigenvalue weighted by molar-refractivity contribution is 5.06. The van der Waals surface area contributed by atoms with Gasteiger partial charge in [-0.05, 0) is 6.07 Å². The Labute approximate surface area is 79.8 Å². The van der Waals surface area contributed by atoms with Gasteiger partial charge in [0.25, 0.3) is 0 Å². The van der Waals surface area contributed by atoms with Crippen LogP contribution in [0.4, 0.5) is 0 Å². The molecule has 0 saturated carbocycles. The van der Waals surface area contributed by atoms with Crippen LogP contribution in [0.3, 0.4) is 0 Å². The number of hydrogen-bond donors (Lipinski definition) is 0. The van der Waals surface area contributed by atoms with E-state index in [-0.39, 0.29) is 0 Å². The molecule has 1 aliphatic heterocycles. The predicted molar refractivity (Wildman–Crippen MR) is 53.1 cm³/mol. The van der Waals surface area contributed by atoms with Crippen molar-refractivity contribution >= 4 is 0 Å². The summed E-state index contributed by atoms with van der Waals surface area (Å²) in [5.41, 5.74) is 1.37. The van der Waals surface area contributed by atoms with E-state index in [0.717, 1.165) is 6.54 Å². The third-order valence-electron chi connectivity index (χ3n) is 2.93. The highest BCUT2D eigenvalue weighted by Crippen LogP contribution is 2.19. The van der Waals surface area contributed by atoms with E-state index < -0.39 is 0 Å². The van der Waals surface area contributed by atoms with Crippen LogP contribution in [0, 0.1) is 0 Å². The number of nitrogens with zero attached hydrogens (tertiary/aromatic N) is 2. The molecule has 70 valence electrons. The Morgan fingerprint density at radius 2 is 2.15 bits per heavy atom. The Kier molecular flexibility index (Phi) is 2.32. The first-order valence-electron chi connectivity index (χ1n) is 5.01. The maximum Gasteiger partial charge on any atom is 0.106 e. The number of hydrogen-bond acceptors (Lipinski definition) is 1. The van der Waals surface area contributed by atoms with Gasteiger partial charge in [-0.3, -0.25) is 4.98 Å². The van der Waals surface area contributed by atoms with E-state index in [1.807, 2.05) is 18.5 Å². The molecule has 1 aromatic heterocycles. The Balaban J connectivity index is 2.05. The van der Waals surface area contributed by atoms with Crippen LogP contribution in [0.25, 0.3) is 0 Å². The molecular formula is C11H17N2+. The molecule has 13 heavy (non-hydrogen) atoms. The second kappa shape index (κ2) is 3.46. The Morgan fingerprint density at radius 3 is 2.77 bits per heavy atom. The fourth-order valence-electron chi connectivity index (χ4n) is 2.19. The standard InChI is InChI=1S/C11H17N2/c1-13(7-2-3-8-13)10-11-5-4-6-12-9-11/h4-6,9H,2-3,7-8,10H2,1H3/q+1. The van der Waals surface area contributed by atoms with Gasteiger partial charge in [0.05, 0.1) is 20.1 Å². The lowest BCUT2D eigenvalue weighted by atomic mass is 10.2. The van der Waals surface area contributed by atoms with Gasteiger partial charge in [0.15, 0.2) is 0 Å². The molecule has 0 N–H and O–H groups in total. The Bertz CT molecular complexity index is 263. The first-order chi connectivity index (χ1) is 6.29. The summed E-state index contributed by atoms with van der Waals surface area (Å²) in [5, 5.41) is 0. The minimum absolute atomic E-state index is 1.15. The van der Waals surface area contributed by atoms with Gasteiger partial charge in [0.1, 0.15) is 6.54 Å². The first-order valence-corrected chi connectivity index (χ1v) is 5.01. The van der Waals surface area contributed by atoms with Crippen molar-refractivity contribution in [3.05, 3.63) is 30.1 Å². The van der Waals surface area contributed by atoms with E-state index in [1.54, 1.807) is 0 Å². The van der Waals surface area contributed by atoms with E-state index in [4.69, 9.17) is 0 Å². The van der Waals surface area contributed by atoms with Gasteiger partial charge in [-0.2, -0.15) is 0 Å². The number of likely N-dealkylation sites (tertiary alicyclic amines) is 1. The van der Waals surface area contributed by atoms with Crippen LogP contribution in [0.5, 0.6) is 0 Å². The zero-order valence-corrected chi connectivity index (χ0v) is 8.24. The van der Waals surface area contributed by atoms with Crippen molar-refractivity contribution in [2.75, 3.05) is 20.1 Å². The lowest BCUT2D eigenvalue weighted by molar-refractivity contribution is -0.910. The predicted octanol–water partition coefficient (Wildman–Crippen LogP) is 1.82. The van der Waals surface area contributed by atoms with Crippen molar-refractivity contribution in [2.45, 2.75) is 19.4 Å². The van der Waals surface area contributed by atoms with Crippen LogP contribution >= 0.6 is 0 Å². The molecule has 2 nitrogen and oxygen atoms in total. The summed E-state index contributed by atoms with van der Waals surface area (Å²) in [6.07, 6.45) is 6.60. The largest absolute Gasteiger partial charge is 0.322 e. The van der Waals surface area contributed by atoms with Gasteiger partial charge in [-0.15, -0.1) is 0 Å². The van der Waals surface area contributed by atoms with Crippen molar-refractivity contribution in [1.29, 1.82) is 0 Å². The van der Waals surface area contributed by atoms with Gasteiger partial charge in [-0.1, -0.05) is 6.07 Å². The summed E-state index contributed by atoms with van der Waals surface area (Å²) < 4.78 is 1.20. The molecule has 0 radical (unpaired) electrons. The number of quaternary nitrogens is 1. The summed E-state index contributed by atoms with van der Waals surface area (Å²) >= 11 is 0. The van der Waals surface area contributed by atoms with Crippen LogP contribution < -0.4 is 0 Å². The molecule has 2 heterocycles. The average molecular weight is 177 g/mol. The van der Waals surface area contributed by atoms with E-state index >= 15 is 0 Å². The lowest BCUT2D eigenvalue weighted by Crippen LogP contribution is -2.39.